The second-order valence-electron chi connectivity index (χ2n) is 4.50. The normalized spacial score (nSPS) is 18.5. The molecule has 2 rings (SSSR count). The molecule has 18 heavy (non-hydrogen) atoms. The Morgan fingerprint density at radius 1 is 1.11 bits per heavy atom. The first-order valence-corrected chi connectivity index (χ1v) is 8.30. The van der Waals surface area contributed by atoms with Crippen molar-refractivity contribution in [2.24, 2.45) is 0 Å². The van der Waals surface area contributed by atoms with E-state index in [1.54, 1.807) is 22.5 Å². The zero-order valence-corrected chi connectivity index (χ0v) is 12.5. The van der Waals surface area contributed by atoms with Gasteiger partial charge in [-0.2, -0.15) is 4.31 Å². The van der Waals surface area contributed by atoms with Crippen molar-refractivity contribution in [1.29, 1.82) is 0 Å². The van der Waals surface area contributed by atoms with Crippen LogP contribution >= 0.6 is 15.9 Å². The van der Waals surface area contributed by atoms with Gasteiger partial charge in [0.1, 0.15) is 4.90 Å². The largest absolute Gasteiger partial charge is 0.398 e. The zero-order valence-electron chi connectivity index (χ0n) is 10.1. The fraction of sp³-hybridized carbons (Fsp3) is 0.500. The van der Waals surface area contributed by atoms with E-state index < -0.39 is 10.0 Å². The van der Waals surface area contributed by atoms with Crippen LogP contribution in [0.25, 0.3) is 0 Å². The average molecular weight is 333 g/mol. The lowest BCUT2D eigenvalue weighted by Crippen LogP contribution is -2.32. The molecule has 1 aliphatic heterocycles. The molecule has 0 aliphatic carbocycles. The van der Waals surface area contributed by atoms with Gasteiger partial charge in [-0.1, -0.05) is 28.8 Å². The molecule has 1 aromatic rings. The van der Waals surface area contributed by atoms with Gasteiger partial charge in [-0.05, 0) is 31.0 Å². The summed E-state index contributed by atoms with van der Waals surface area (Å²) in [6.45, 7) is 1.18. The quantitative estimate of drug-likeness (QED) is 0.846. The molecular weight excluding hydrogens is 316 g/mol. The summed E-state index contributed by atoms with van der Waals surface area (Å²) in [4.78, 5) is 0.207. The highest BCUT2D eigenvalue weighted by molar-refractivity contribution is 9.10. The first-order chi connectivity index (χ1) is 8.51. The van der Waals surface area contributed by atoms with E-state index in [0.29, 0.717) is 18.8 Å². The topological polar surface area (TPSA) is 63.4 Å². The Hall–Kier alpha value is -0.590. The Kier molecular flexibility index (Phi) is 4.29. The molecule has 6 heteroatoms. The maximum absolute atomic E-state index is 12.5. The second-order valence-corrected chi connectivity index (χ2v) is 7.32. The van der Waals surface area contributed by atoms with Crippen LogP contribution in [-0.4, -0.2) is 25.8 Å². The van der Waals surface area contributed by atoms with Gasteiger partial charge in [-0.3, -0.25) is 0 Å². The smallest absolute Gasteiger partial charge is 0.245 e. The van der Waals surface area contributed by atoms with E-state index in [1.807, 2.05) is 0 Å². The molecule has 0 spiro atoms. The molecule has 2 N–H and O–H groups in total. The van der Waals surface area contributed by atoms with Gasteiger partial charge in [-0.25, -0.2) is 8.42 Å². The molecule has 0 unspecified atom stereocenters. The maximum Gasteiger partial charge on any atom is 0.245 e. The number of nitrogens with zero attached hydrogens (tertiary/aromatic N) is 1. The SMILES string of the molecule is Nc1ccc(Br)cc1S(=O)(=O)N1CCCCCC1. The summed E-state index contributed by atoms with van der Waals surface area (Å²) in [5.41, 5.74) is 6.10. The lowest BCUT2D eigenvalue weighted by molar-refractivity contribution is 0.424. The standard InChI is InChI=1S/C12H17BrN2O2S/c13-10-5-6-11(14)12(9-10)18(16,17)15-7-3-1-2-4-8-15/h5-6,9H,1-4,7-8,14H2. The lowest BCUT2D eigenvalue weighted by Gasteiger charge is -2.21. The zero-order chi connectivity index (χ0) is 13.2. The maximum atomic E-state index is 12.5. The molecule has 0 amide bonds. The number of rotatable bonds is 2. The molecule has 4 nitrogen and oxygen atoms in total. The van der Waals surface area contributed by atoms with E-state index in [1.165, 1.54) is 0 Å². The Balaban J connectivity index is 2.37. The number of nitrogen functional groups attached to an aromatic ring is 1. The van der Waals surface area contributed by atoms with Crippen molar-refractivity contribution in [2.45, 2.75) is 30.6 Å². The predicted octanol–water partition coefficient (Wildman–Crippen LogP) is 2.60. The van der Waals surface area contributed by atoms with Gasteiger partial charge < -0.3 is 5.73 Å². The van der Waals surface area contributed by atoms with E-state index in [2.05, 4.69) is 15.9 Å². The molecule has 100 valence electrons. The monoisotopic (exact) mass is 332 g/mol. The first-order valence-electron chi connectivity index (χ1n) is 6.07. The summed E-state index contributed by atoms with van der Waals surface area (Å²) in [5.74, 6) is 0. The van der Waals surface area contributed by atoms with Crippen molar-refractivity contribution < 1.29 is 8.42 Å². The number of hydrogen-bond donors (Lipinski definition) is 1. The third-order valence-electron chi connectivity index (χ3n) is 3.16. The second kappa shape index (κ2) is 5.59. The van der Waals surface area contributed by atoms with Crippen molar-refractivity contribution in [3.63, 3.8) is 0 Å². The van der Waals surface area contributed by atoms with Crippen LogP contribution in [-0.2, 0) is 10.0 Å². The molecule has 0 bridgehead atoms. The molecule has 0 saturated carbocycles. The molecular formula is C12H17BrN2O2S. The van der Waals surface area contributed by atoms with Crippen LogP contribution in [0, 0.1) is 0 Å². The highest BCUT2D eigenvalue weighted by Crippen LogP contribution is 2.27. The molecule has 1 aliphatic rings. The number of halogens is 1. The molecule has 1 saturated heterocycles. The average Bonchev–Trinajstić information content (AvgIpc) is 2.61. The van der Waals surface area contributed by atoms with Gasteiger partial charge >= 0.3 is 0 Å². The third-order valence-corrected chi connectivity index (χ3v) is 5.61. The minimum Gasteiger partial charge on any atom is -0.398 e. The highest BCUT2D eigenvalue weighted by atomic mass is 79.9. The van der Waals surface area contributed by atoms with Gasteiger partial charge in [-0.15, -0.1) is 0 Å². The predicted molar refractivity (Wildman–Crippen MR) is 75.8 cm³/mol. The molecule has 0 aromatic heterocycles. The van der Waals surface area contributed by atoms with E-state index in [9.17, 15) is 8.42 Å². The molecule has 0 atom stereocenters. The van der Waals surface area contributed by atoms with E-state index >= 15 is 0 Å². The van der Waals surface area contributed by atoms with Gasteiger partial charge in [0.15, 0.2) is 0 Å². The Bertz CT molecular complexity index is 523. The number of nitrogens with two attached hydrogens (primary N) is 1. The molecule has 1 aromatic carbocycles. The Morgan fingerprint density at radius 3 is 2.33 bits per heavy atom. The van der Waals surface area contributed by atoms with E-state index in [4.69, 9.17) is 5.73 Å². The third kappa shape index (κ3) is 2.87. The van der Waals surface area contributed by atoms with Crippen LogP contribution < -0.4 is 5.73 Å². The van der Waals surface area contributed by atoms with Gasteiger partial charge in [0.25, 0.3) is 0 Å². The van der Waals surface area contributed by atoms with E-state index in [-0.39, 0.29) is 4.90 Å². The number of sulfonamides is 1. The van der Waals surface area contributed by atoms with Gasteiger partial charge in [0.2, 0.25) is 10.0 Å². The lowest BCUT2D eigenvalue weighted by atomic mass is 10.2. The fourth-order valence-corrected chi connectivity index (χ4v) is 4.32. The minimum atomic E-state index is -3.46. The summed E-state index contributed by atoms with van der Waals surface area (Å²) in [6, 6.07) is 4.95. The summed E-state index contributed by atoms with van der Waals surface area (Å²) in [7, 11) is -3.46. The highest BCUT2D eigenvalue weighted by Gasteiger charge is 2.27. The fourth-order valence-electron chi connectivity index (χ4n) is 2.15. The van der Waals surface area contributed by atoms with E-state index in [0.717, 1.165) is 30.2 Å². The van der Waals surface area contributed by atoms with Crippen LogP contribution in [0.4, 0.5) is 5.69 Å². The first kappa shape index (κ1) is 13.8. The summed E-state index contributed by atoms with van der Waals surface area (Å²) >= 11 is 3.29. The number of hydrogen-bond acceptors (Lipinski definition) is 3. The molecule has 1 fully saturated rings. The summed E-state index contributed by atoms with van der Waals surface area (Å²) in [5, 5.41) is 0. The van der Waals surface area contributed by atoms with Crippen molar-refractivity contribution in [3.8, 4) is 0 Å². The van der Waals surface area contributed by atoms with Crippen LogP contribution in [0.3, 0.4) is 0 Å². The summed E-state index contributed by atoms with van der Waals surface area (Å²) < 4.78 is 27.4. The van der Waals surface area contributed by atoms with Crippen molar-refractivity contribution in [3.05, 3.63) is 22.7 Å². The van der Waals surface area contributed by atoms with Crippen molar-refractivity contribution in [1.82, 2.24) is 4.31 Å². The Morgan fingerprint density at radius 2 is 1.72 bits per heavy atom. The molecule has 0 radical (unpaired) electrons. The summed E-state index contributed by atoms with van der Waals surface area (Å²) in [6.07, 6.45) is 4.04. The molecule has 1 heterocycles. The minimum absolute atomic E-state index is 0.207. The van der Waals surface area contributed by atoms with Crippen molar-refractivity contribution >= 4 is 31.6 Å². The number of benzene rings is 1. The van der Waals surface area contributed by atoms with Gasteiger partial charge in [0, 0.05) is 17.6 Å². The number of anilines is 1. The van der Waals surface area contributed by atoms with Gasteiger partial charge in [0.05, 0.1) is 5.69 Å². The van der Waals surface area contributed by atoms with Crippen LogP contribution in [0.1, 0.15) is 25.7 Å². The van der Waals surface area contributed by atoms with Crippen LogP contribution in [0.5, 0.6) is 0 Å². The Labute approximate surface area is 116 Å². The van der Waals surface area contributed by atoms with Crippen LogP contribution in [0.15, 0.2) is 27.6 Å². The van der Waals surface area contributed by atoms with Crippen molar-refractivity contribution in [2.75, 3.05) is 18.8 Å². The van der Waals surface area contributed by atoms with Crippen LogP contribution in [0.2, 0.25) is 0 Å².